The van der Waals surface area contributed by atoms with Gasteiger partial charge in [-0.1, -0.05) is 6.42 Å². The van der Waals surface area contributed by atoms with Crippen molar-refractivity contribution in [2.24, 2.45) is 4.99 Å². The Hall–Kier alpha value is -0.610. The predicted octanol–water partition coefficient (Wildman–Crippen LogP) is 3.15. The molecular formula is C18H35IN6S. The van der Waals surface area contributed by atoms with E-state index in [2.05, 4.69) is 46.7 Å². The quantitative estimate of drug-likeness (QED) is 0.347. The van der Waals surface area contributed by atoms with Crippen molar-refractivity contribution in [1.82, 2.24) is 20.5 Å². The van der Waals surface area contributed by atoms with E-state index >= 15 is 0 Å². The number of aromatic nitrogens is 1. The smallest absolute Gasteiger partial charge is 0.191 e. The molecule has 0 amide bonds. The first-order valence-electron chi connectivity index (χ1n) is 9.31. The molecule has 2 heterocycles. The number of aliphatic imine (C=N–C) groups is 1. The van der Waals surface area contributed by atoms with Crippen molar-refractivity contribution in [2.45, 2.75) is 52.1 Å². The van der Waals surface area contributed by atoms with Crippen LogP contribution in [0.3, 0.4) is 0 Å². The highest BCUT2D eigenvalue weighted by atomic mass is 127. The van der Waals surface area contributed by atoms with Gasteiger partial charge in [0.1, 0.15) is 0 Å². The molecule has 0 saturated carbocycles. The highest BCUT2D eigenvalue weighted by molar-refractivity contribution is 14.0. The number of guanidine groups is 1. The number of rotatable bonds is 7. The van der Waals surface area contributed by atoms with Gasteiger partial charge in [0.25, 0.3) is 0 Å². The van der Waals surface area contributed by atoms with Crippen LogP contribution in [0.15, 0.2) is 10.4 Å². The van der Waals surface area contributed by atoms with E-state index in [0.717, 1.165) is 29.9 Å². The van der Waals surface area contributed by atoms with Gasteiger partial charge in [-0.15, -0.1) is 35.3 Å². The highest BCUT2D eigenvalue weighted by Gasteiger charge is 2.27. The SMILES string of the molecule is CCNC(=NCc1csc(N(C)C)n1)NCC(C)(C)N1CCCCC1.I. The second kappa shape index (κ2) is 11.3. The average Bonchev–Trinajstić information content (AvgIpc) is 3.07. The summed E-state index contributed by atoms with van der Waals surface area (Å²) in [5.41, 5.74) is 1.15. The van der Waals surface area contributed by atoms with Crippen LogP contribution in [-0.2, 0) is 6.54 Å². The van der Waals surface area contributed by atoms with E-state index in [-0.39, 0.29) is 29.5 Å². The van der Waals surface area contributed by atoms with Gasteiger partial charge in [0.2, 0.25) is 0 Å². The summed E-state index contributed by atoms with van der Waals surface area (Å²) in [6, 6.07) is 0. The highest BCUT2D eigenvalue weighted by Crippen LogP contribution is 2.20. The summed E-state index contributed by atoms with van der Waals surface area (Å²) in [7, 11) is 4.03. The van der Waals surface area contributed by atoms with E-state index in [1.807, 2.05) is 19.0 Å². The number of hydrogen-bond acceptors (Lipinski definition) is 5. The molecule has 0 unspecified atom stereocenters. The molecule has 1 aromatic rings. The van der Waals surface area contributed by atoms with E-state index in [1.54, 1.807) is 11.3 Å². The van der Waals surface area contributed by atoms with E-state index in [1.165, 1.54) is 32.4 Å². The fourth-order valence-electron chi connectivity index (χ4n) is 2.99. The van der Waals surface area contributed by atoms with Crippen LogP contribution < -0.4 is 15.5 Å². The van der Waals surface area contributed by atoms with Crippen LogP contribution in [0.2, 0.25) is 0 Å². The molecule has 0 aliphatic carbocycles. The number of hydrogen-bond donors (Lipinski definition) is 2. The zero-order valence-electron chi connectivity index (χ0n) is 16.8. The molecule has 0 aromatic carbocycles. The number of thiazole rings is 1. The Balaban J connectivity index is 0.00000338. The molecular weight excluding hydrogens is 459 g/mol. The lowest BCUT2D eigenvalue weighted by Crippen LogP contribution is -2.54. The first-order valence-corrected chi connectivity index (χ1v) is 10.2. The Bertz CT molecular complexity index is 552. The maximum absolute atomic E-state index is 4.71. The molecule has 1 fully saturated rings. The van der Waals surface area contributed by atoms with Gasteiger partial charge in [0, 0.05) is 38.1 Å². The Kier molecular flexibility index (Phi) is 10.2. The average molecular weight is 494 g/mol. The van der Waals surface area contributed by atoms with Crippen molar-refractivity contribution in [2.75, 3.05) is 45.2 Å². The third-order valence-electron chi connectivity index (χ3n) is 4.57. The van der Waals surface area contributed by atoms with E-state index < -0.39 is 0 Å². The van der Waals surface area contributed by atoms with Crippen LogP contribution in [-0.4, -0.2) is 61.7 Å². The fourth-order valence-corrected chi connectivity index (χ4v) is 3.74. The molecule has 2 N–H and O–H groups in total. The van der Waals surface area contributed by atoms with Gasteiger partial charge >= 0.3 is 0 Å². The van der Waals surface area contributed by atoms with E-state index in [4.69, 9.17) is 4.99 Å². The van der Waals surface area contributed by atoms with Crippen molar-refractivity contribution in [3.63, 3.8) is 0 Å². The van der Waals surface area contributed by atoms with Crippen LogP contribution >= 0.6 is 35.3 Å². The van der Waals surface area contributed by atoms with Gasteiger partial charge < -0.3 is 15.5 Å². The van der Waals surface area contributed by atoms with E-state index in [0.29, 0.717) is 6.54 Å². The van der Waals surface area contributed by atoms with Crippen molar-refractivity contribution in [3.05, 3.63) is 11.1 Å². The minimum atomic E-state index is 0. The molecule has 0 spiro atoms. The first-order chi connectivity index (χ1) is 11.9. The van der Waals surface area contributed by atoms with E-state index in [9.17, 15) is 0 Å². The molecule has 2 rings (SSSR count). The minimum Gasteiger partial charge on any atom is -0.357 e. The summed E-state index contributed by atoms with van der Waals surface area (Å²) in [5, 5.41) is 9.97. The standard InChI is InChI=1S/C18H34N6S.HI/c1-6-19-16(20-12-15-13-25-17(22-15)23(4)5)21-14-18(2,3)24-10-8-7-9-11-24;/h13H,6-12,14H2,1-5H3,(H2,19,20,21);1H. The zero-order valence-corrected chi connectivity index (χ0v) is 20.0. The summed E-state index contributed by atoms with van der Waals surface area (Å²) in [4.78, 5) is 13.9. The summed E-state index contributed by atoms with van der Waals surface area (Å²) in [6.07, 6.45) is 4.00. The van der Waals surface area contributed by atoms with Crippen LogP contribution in [0.25, 0.3) is 0 Å². The summed E-state index contributed by atoms with van der Waals surface area (Å²) >= 11 is 1.66. The number of halogens is 1. The normalized spacial score (nSPS) is 16.1. The van der Waals surface area contributed by atoms with Gasteiger partial charge in [0.05, 0.1) is 12.2 Å². The Morgan fingerprint density at radius 2 is 1.96 bits per heavy atom. The molecule has 8 heteroatoms. The fraction of sp³-hybridized carbons (Fsp3) is 0.778. The lowest BCUT2D eigenvalue weighted by Gasteiger charge is -2.41. The van der Waals surface area contributed by atoms with Crippen molar-refractivity contribution in [3.8, 4) is 0 Å². The Morgan fingerprint density at radius 1 is 1.27 bits per heavy atom. The van der Waals surface area contributed by atoms with Gasteiger partial charge in [-0.05, 0) is 46.7 Å². The van der Waals surface area contributed by atoms with Crippen LogP contribution in [0.5, 0.6) is 0 Å². The number of piperidine rings is 1. The second-order valence-electron chi connectivity index (χ2n) is 7.42. The molecule has 26 heavy (non-hydrogen) atoms. The number of nitrogens with zero attached hydrogens (tertiary/aromatic N) is 4. The number of likely N-dealkylation sites (tertiary alicyclic amines) is 1. The van der Waals surface area contributed by atoms with Gasteiger partial charge in [-0.2, -0.15) is 0 Å². The molecule has 1 saturated heterocycles. The zero-order chi connectivity index (χ0) is 18.3. The van der Waals surface area contributed by atoms with Crippen molar-refractivity contribution < 1.29 is 0 Å². The lowest BCUT2D eigenvalue weighted by molar-refractivity contribution is 0.0982. The third kappa shape index (κ3) is 7.19. The van der Waals surface area contributed by atoms with Gasteiger partial charge in [0.15, 0.2) is 11.1 Å². The molecule has 1 aliphatic heterocycles. The molecule has 0 atom stereocenters. The summed E-state index contributed by atoms with van der Waals surface area (Å²) < 4.78 is 0. The largest absolute Gasteiger partial charge is 0.357 e. The predicted molar refractivity (Wildman–Crippen MR) is 124 cm³/mol. The Labute approximate surface area is 179 Å². The molecule has 1 aliphatic rings. The Morgan fingerprint density at radius 3 is 2.54 bits per heavy atom. The molecule has 0 radical (unpaired) electrons. The lowest BCUT2D eigenvalue weighted by atomic mass is 9.98. The van der Waals surface area contributed by atoms with Crippen molar-refractivity contribution in [1.29, 1.82) is 0 Å². The monoisotopic (exact) mass is 494 g/mol. The first kappa shape index (κ1) is 23.4. The second-order valence-corrected chi connectivity index (χ2v) is 8.26. The maximum atomic E-state index is 4.71. The molecule has 1 aromatic heterocycles. The van der Waals surface area contributed by atoms with Gasteiger partial charge in [-0.25, -0.2) is 9.98 Å². The summed E-state index contributed by atoms with van der Waals surface area (Å²) in [6.45, 7) is 11.5. The summed E-state index contributed by atoms with van der Waals surface area (Å²) in [5.74, 6) is 0.868. The minimum absolute atomic E-state index is 0. The van der Waals surface area contributed by atoms with Gasteiger partial charge in [-0.3, -0.25) is 4.90 Å². The third-order valence-corrected chi connectivity index (χ3v) is 5.62. The number of nitrogens with one attached hydrogen (secondary N) is 2. The van der Waals surface area contributed by atoms with Crippen LogP contribution in [0.1, 0.15) is 45.7 Å². The van der Waals surface area contributed by atoms with Crippen LogP contribution in [0.4, 0.5) is 5.13 Å². The van der Waals surface area contributed by atoms with Crippen LogP contribution in [0, 0.1) is 0 Å². The molecule has 6 nitrogen and oxygen atoms in total. The molecule has 0 bridgehead atoms. The maximum Gasteiger partial charge on any atom is 0.191 e. The van der Waals surface area contributed by atoms with Crippen molar-refractivity contribution >= 4 is 46.4 Å². The topological polar surface area (TPSA) is 55.8 Å². The molecule has 150 valence electrons. The number of anilines is 1.